The number of hydrogen-bond donors (Lipinski definition) is 1. The van der Waals surface area contributed by atoms with Gasteiger partial charge >= 0.3 is 0 Å². The maximum Gasteiger partial charge on any atom is 0.239 e. The van der Waals surface area contributed by atoms with Gasteiger partial charge in [-0.2, -0.15) is 0 Å². The molecule has 2 aliphatic rings. The number of likely N-dealkylation sites (tertiary alicyclic amines) is 2. The minimum absolute atomic E-state index is 0.0397. The molecule has 0 bridgehead atoms. The van der Waals surface area contributed by atoms with E-state index < -0.39 is 6.04 Å². The van der Waals surface area contributed by atoms with E-state index in [1.807, 2.05) is 28.0 Å². The minimum atomic E-state index is -0.429. The van der Waals surface area contributed by atoms with Crippen LogP contribution >= 0.6 is 0 Å². The Morgan fingerprint density at radius 1 is 1.21 bits per heavy atom. The Balaban J connectivity index is 1.63. The first-order chi connectivity index (χ1) is 11.5. The number of benzene rings is 1. The zero-order valence-corrected chi connectivity index (χ0v) is 14.4. The lowest BCUT2D eigenvalue weighted by Crippen LogP contribution is -2.53. The van der Waals surface area contributed by atoms with Crippen molar-refractivity contribution >= 4 is 11.8 Å². The highest BCUT2D eigenvalue weighted by Crippen LogP contribution is 2.40. The Hall–Kier alpha value is -1.88. The van der Waals surface area contributed by atoms with Crippen molar-refractivity contribution < 1.29 is 9.59 Å². The van der Waals surface area contributed by atoms with Crippen molar-refractivity contribution in [3.05, 3.63) is 35.9 Å². The van der Waals surface area contributed by atoms with Crippen LogP contribution < -0.4 is 5.73 Å². The van der Waals surface area contributed by atoms with E-state index in [0.29, 0.717) is 13.0 Å². The second kappa shape index (κ2) is 6.93. The molecule has 2 heterocycles. The highest BCUT2D eigenvalue weighted by atomic mass is 16.2. The van der Waals surface area contributed by atoms with Gasteiger partial charge in [0.15, 0.2) is 0 Å². The van der Waals surface area contributed by atoms with Gasteiger partial charge in [-0.3, -0.25) is 9.59 Å². The normalized spacial score (nSPS) is 21.8. The molecule has 2 amide bonds. The topological polar surface area (TPSA) is 66.6 Å². The van der Waals surface area contributed by atoms with Crippen molar-refractivity contribution in [1.82, 2.24) is 9.80 Å². The zero-order chi connectivity index (χ0) is 17.2. The van der Waals surface area contributed by atoms with Crippen LogP contribution in [0.3, 0.4) is 0 Å². The van der Waals surface area contributed by atoms with Crippen molar-refractivity contribution in [3.8, 4) is 0 Å². The van der Waals surface area contributed by atoms with Crippen molar-refractivity contribution in [2.45, 2.75) is 45.2 Å². The molecule has 5 heteroatoms. The van der Waals surface area contributed by atoms with E-state index in [-0.39, 0.29) is 17.2 Å². The molecule has 0 radical (unpaired) electrons. The number of carbonyl (C=O) groups excluding carboxylic acids is 2. The molecule has 0 aromatic heterocycles. The number of amides is 2. The largest absolute Gasteiger partial charge is 0.341 e. The van der Waals surface area contributed by atoms with E-state index in [1.165, 1.54) is 5.56 Å². The Labute approximate surface area is 143 Å². The van der Waals surface area contributed by atoms with Gasteiger partial charge in [0, 0.05) is 32.6 Å². The SMILES string of the molecule is C[C@@H](N)C(=O)N1CCC2(CCC(=O)N(Cc3ccccc3)C2)CC1. The van der Waals surface area contributed by atoms with Crippen LogP contribution in [0.2, 0.25) is 0 Å². The zero-order valence-electron chi connectivity index (χ0n) is 14.4. The summed E-state index contributed by atoms with van der Waals surface area (Å²) in [5, 5.41) is 0. The Bertz CT molecular complexity index is 592. The van der Waals surface area contributed by atoms with E-state index in [4.69, 9.17) is 5.73 Å². The molecular weight excluding hydrogens is 302 g/mol. The molecule has 1 aromatic carbocycles. The summed E-state index contributed by atoms with van der Waals surface area (Å²) >= 11 is 0. The fourth-order valence-electron chi connectivity index (χ4n) is 3.95. The second-order valence-corrected chi connectivity index (χ2v) is 7.35. The number of nitrogens with two attached hydrogens (primary N) is 1. The van der Waals surface area contributed by atoms with Crippen LogP contribution in [-0.2, 0) is 16.1 Å². The summed E-state index contributed by atoms with van der Waals surface area (Å²) in [6.07, 6.45) is 3.49. The molecule has 1 aromatic rings. The van der Waals surface area contributed by atoms with Crippen LogP contribution in [0, 0.1) is 5.41 Å². The third kappa shape index (κ3) is 3.61. The molecule has 5 nitrogen and oxygen atoms in total. The van der Waals surface area contributed by atoms with Crippen LogP contribution in [0.25, 0.3) is 0 Å². The van der Waals surface area contributed by atoms with Gasteiger partial charge in [-0.15, -0.1) is 0 Å². The highest BCUT2D eigenvalue weighted by molar-refractivity contribution is 5.81. The third-order valence-corrected chi connectivity index (χ3v) is 5.49. The summed E-state index contributed by atoms with van der Waals surface area (Å²) in [4.78, 5) is 28.3. The van der Waals surface area contributed by atoms with Gasteiger partial charge in [0.1, 0.15) is 0 Å². The fourth-order valence-corrected chi connectivity index (χ4v) is 3.95. The molecule has 24 heavy (non-hydrogen) atoms. The first-order valence-electron chi connectivity index (χ1n) is 8.85. The lowest BCUT2D eigenvalue weighted by atomic mass is 9.72. The molecule has 2 saturated heterocycles. The number of nitrogens with zero attached hydrogens (tertiary/aromatic N) is 2. The summed E-state index contributed by atoms with van der Waals surface area (Å²) in [5.41, 5.74) is 7.06. The van der Waals surface area contributed by atoms with Crippen molar-refractivity contribution in [2.75, 3.05) is 19.6 Å². The van der Waals surface area contributed by atoms with E-state index in [2.05, 4.69) is 12.1 Å². The average molecular weight is 329 g/mol. The number of piperidine rings is 2. The summed E-state index contributed by atoms with van der Waals surface area (Å²) in [6, 6.07) is 9.72. The van der Waals surface area contributed by atoms with Crippen LogP contribution in [0.5, 0.6) is 0 Å². The van der Waals surface area contributed by atoms with Crippen molar-refractivity contribution in [2.24, 2.45) is 11.1 Å². The van der Waals surface area contributed by atoms with Gasteiger partial charge in [0.05, 0.1) is 6.04 Å². The molecule has 0 unspecified atom stereocenters. The van der Waals surface area contributed by atoms with Gasteiger partial charge in [0.2, 0.25) is 11.8 Å². The lowest BCUT2D eigenvalue weighted by molar-refractivity contribution is -0.143. The molecule has 0 aliphatic carbocycles. The number of rotatable bonds is 3. The quantitative estimate of drug-likeness (QED) is 0.919. The summed E-state index contributed by atoms with van der Waals surface area (Å²) in [6.45, 7) is 4.75. The molecule has 0 saturated carbocycles. The molecule has 130 valence electrons. The molecule has 2 aliphatic heterocycles. The maximum absolute atomic E-state index is 12.3. The molecule has 1 spiro atoms. The predicted molar refractivity (Wildman–Crippen MR) is 93.0 cm³/mol. The lowest BCUT2D eigenvalue weighted by Gasteiger charge is -2.47. The molecular formula is C19H27N3O2. The Morgan fingerprint density at radius 2 is 1.88 bits per heavy atom. The number of hydrogen-bond acceptors (Lipinski definition) is 3. The molecule has 2 fully saturated rings. The van der Waals surface area contributed by atoms with Crippen LogP contribution in [0.15, 0.2) is 30.3 Å². The van der Waals surface area contributed by atoms with Gasteiger partial charge < -0.3 is 15.5 Å². The Kier molecular flexibility index (Phi) is 4.90. The predicted octanol–water partition coefficient (Wildman–Crippen LogP) is 1.76. The Morgan fingerprint density at radius 3 is 2.50 bits per heavy atom. The van der Waals surface area contributed by atoms with E-state index in [9.17, 15) is 9.59 Å². The van der Waals surface area contributed by atoms with Gasteiger partial charge in [-0.25, -0.2) is 0 Å². The maximum atomic E-state index is 12.3. The second-order valence-electron chi connectivity index (χ2n) is 7.35. The average Bonchev–Trinajstić information content (AvgIpc) is 2.59. The van der Waals surface area contributed by atoms with E-state index in [0.717, 1.165) is 38.9 Å². The van der Waals surface area contributed by atoms with E-state index in [1.54, 1.807) is 6.92 Å². The van der Waals surface area contributed by atoms with Gasteiger partial charge in [-0.05, 0) is 37.2 Å². The monoisotopic (exact) mass is 329 g/mol. The van der Waals surface area contributed by atoms with E-state index >= 15 is 0 Å². The van der Waals surface area contributed by atoms with Crippen LogP contribution in [0.4, 0.5) is 0 Å². The molecule has 3 rings (SSSR count). The number of carbonyl (C=O) groups is 2. The summed E-state index contributed by atoms with van der Waals surface area (Å²) < 4.78 is 0. The van der Waals surface area contributed by atoms with Gasteiger partial charge in [0.25, 0.3) is 0 Å². The first kappa shape index (κ1) is 17.0. The summed E-state index contributed by atoms with van der Waals surface area (Å²) in [5.74, 6) is 0.288. The van der Waals surface area contributed by atoms with Crippen molar-refractivity contribution in [3.63, 3.8) is 0 Å². The first-order valence-corrected chi connectivity index (χ1v) is 8.85. The highest BCUT2D eigenvalue weighted by Gasteiger charge is 2.41. The van der Waals surface area contributed by atoms with Gasteiger partial charge in [-0.1, -0.05) is 30.3 Å². The third-order valence-electron chi connectivity index (χ3n) is 5.49. The fraction of sp³-hybridized carbons (Fsp3) is 0.579. The van der Waals surface area contributed by atoms with Crippen molar-refractivity contribution in [1.29, 1.82) is 0 Å². The summed E-state index contributed by atoms with van der Waals surface area (Å²) in [7, 11) is 0. The van der Waals surface area contributed by atoms with Crippen LogP contribution in [0.1, 0.15) is 38.2 Å². The standard InChI is InChI=1S/C19H27N3O2/c1-15(20)18(24)21-11-9-19(10-12-21)8-7-17(23)22(14-19)13-16-5-3-2-4-6-16/h2-6,15H,7-14,20H2,1H3/t15-/m1/s1. The molecule has 2 N–H and O–H groups in total. The molecule has 1 atom stereocenters. The smallest absolute Gasteiger partial charge is 0.239 e. The minimum Gasteiger partial charge on any atom is -0.341 e. The van der Waals surface area contributed by atoms with Crippen LogP contribution in [-0.4, -0.2) is 47.3 Å².